The molecule has 3 heterocycles. The summed E-state index contributed by atoms with van der Waals surface area (Å²) in [4.78, 5) is 2.63. The Kier molecular flexibility index (Phi) is 5.63. The van der Waals surface area contributed by atoms with Gasteiger partial charge >= 0.3 is 0 Å². The second kappa shape index (κ2) is 10.2. The van der Waals surface area contributed by atoms with E-state index in [0.717, 1.165) is 0 Å². The van der Waals surface area contributed by atoms with Gasteiger partial charge in [0.15, 0.2) is 0 Å². The van der Waals surface area contributed by atoms with Crippen LogP contribution >= 0.6 is 11.8 Å². The van der Waals surface area contributed by atoms with Gasteiger partial charge < -0.3 is 9.13 Å². The Morgan fingerprint density at radius 2 is 0.939 bits per heavy atom. The first-order valence-electron chi connectivity index (χ1n) is 16.8. The third kappa shape index (κ3) is 3.85. The lowest BCUT2D eigenvalue weighted by molar-refractivity contribution is 1.18. The van der Waals surface area contributed by atoms with Gasteiger partial charge in [0, 0.05) is 48.1 Å². The Balaban J connectivity index is 1.21. The van der Waals surface area contributed by atoms with Gasteiger partial charge in [0.05, 0.1) is 22.1 Å². The van der Waals surface area contributed by atoms with Crippen molar-refractivity contribution in [3.05, 3.63) is 170 Å². The molecule has 0 aliphatic carbocycles. The van der Waals surface area contributed by atoms with Crippen LogP contribution in [0.1, 0.15) is 0 Å². The van der Waals surface area contributed by atoms with Crippen molar-refractivity contribution in [3.8, 4) is 33.6 Å². The first-order valence-corrected chi connectivity index (χ1v) is 17.6. The highest BCUT2D eigenvalue weighted by Gasteiger charge is 2.24. The molecule has 0 bridgehead atoms. The number of hydrogen-bond donors (Lipinski definition) is 0. The van der Waals surface area contributed by atoms with Crippen molar-refractivity contribution in [2.75, 3.05) is 0 Å². The maximum atomic E-state index is 2.45. The third-order valence-electron chi connectivity index (χ3n) is 10.3. The number of fused-ring (bicyclic) bond motifs is 9. The number of nitrogens with zero attached hydrogens (tertiary/aromatic N) is 2. The van der Waals surface area contributed by atoms with Crippen LogP contribution in [0.3, 0.4) is 0 Å². The van der Waals surface area contributed by atoms with E-state index in [1.165, 1.54) is 97.8 Å². The highest BCUT2D eigenvalue weighted by Crippen LogP contribution is 2.51. The van der Waals surface area contributed by atoms with Crippen LogP contribution in [0, 0.1) is 0 Å². The second-order valence-electron chi connectivity index (χ2n) is 12.9. The fourth-order valence-electron chi connectivity index (χ4n) is 8.19. The summed E-state index contributed by atoms with van der Waals surface area (Å²) in [6.07, 6.45) is 0. The summed E-state index contributed by atoms with van der Waals surface area (Å²) in [5.74, 6) is 0. The van der Waals surface area contributed by atoms with Crippen LogP contribution in [0.5, 0.6) is 0 Å². The van der Waals surface area contributed by atoms with Gasteiger partial charge in [-0.25, -0.2) is 0 Å². The Labute approximate surface area is 287 Å². The molecular weight excluding hydrogens is 613 g/mol. The molecule has 1 aliphatic heterocycles. The molecule has 0 N–H and O–H groups in total. The van der Waals surface area contributed by atoms with Crippen molar-refractivity contribution >= 4 is 66.1 Å². The van der Waals surface area contributed by atoms with Crippen molar-refractivity contribution in [2.24, 2.45) is 0 Å². The predicted molar refractivity (Wildman–Crippen MR) is 208 cm³/mol. The molecule has 0 atom stereocenters. The monoisotopic (exact) mass is 640 g/mol. The lowest BCUT2D eigenvalue weighted by atomic mass is 9.94. The highest BCUT2D eigenvalue weighted by molar-refractivity contribution is 7.99. The largest absolute Gasteiger partial charge is 0.309 e. The molecule has 3 heteroatoms. The van der Waals surface area contributed by atoms with Crippen LogP contribution in [-0.2, 0) is 0 Å². The first kappa shape index (κ1) is 27.0. The van der Waals surface area contributed by atoms with E-state index in [9.17, 15) is 0 Å². The quantitative estimate of drug-likeness (QED) is 0.187. The van der Waals surface area contributed by atoms with E-state index in [0.29, 0.717) is 0 Å². The summed E-state index contributed by atoms with van der Waals surface area (Å²) in [5, 5.41) is 7.78. The summed E-state index contributed by atoms with van der Waals surface area (Å²) in [5.41, 5.74) is 12.3. The summed E-state index contributed by atoms with van der Waals surface area (Å²) >= 11 is 1.89. The molecular formula is C46H28N2S. The van der Waals surface area contributed by atoms with Crippen LogP contribution in [0.2, 0.25) is 0 Å². The molecule has 8 aromatic carbocycles. The minimum Gasteiger partial charge on any atom is -0.309 e. The van der Waals surface area contributed by atoms with Crippen LogP contribution in [0.15, 0.2) is 180 Å². The van der Waals surface area contributed by atoms with Crippen LogP contribution in [0.4, 0.5) is 0 Å². The maximum Gasteiger partial charge on any atom is 0.0558 e. The Bertz CT molecular complexity index is 2950. The summed E-state index contributed by atoms with van der Waals surface area (Å²) < 4.78 is 4.85. The van der Waals surface area contributed by atoms with Crippen molar-refractivity contribution in [1.29, 1.82) is 0 Å². The van der Waals surface area contributed by atoms with Crippen LogP contribution in [0.25, 0.3) is 88.0 Å². The van der Waals surface area contributed by atoms with E-state index in [1.54, 1.807) is 0 Å². The Hall–Kier alpha value is -6.03. The topological polar surface area (TPSA) is 9.86 Å². The van der Waals surface area contributed by atoms with E-state index in [-0.39, 0.29) is 0 Å². The Morgan fingerprint density at radius 1 is 0.327 bits per heavy atom. The van der Waals surface area contributed by atoms with E-state index in [4.69, 9.17) is 0 Å². The minimum atomic E-state index is 1.17. The molecule has 0 amide bonds. The van der Waals surface area contributed by atoms with E-state index >= 15 is 0 Å². The Morgan fingerprint density at radius 3 is 1.78 bits per heavy atom. The summed E-state index contributed by atoms with van der Waals surface area (Å²) in [7, 11) is 0. The number of rotatable bonds is 3. The minimum absolute atomic E-state index is 1.17. The van der Waals surface area contributed by atoms with Crippen LogP contribution in [-0.4, -0.2) is 9.13 Å². The van der Waals surface area contributed by atoms with Crippen LogP contribution < -0.4 is 0 Å². The number of para-hydroxylation sites is 3. The third-order valence-corrected chi connectivity index (χ3v) is 11.4. The normalized spacial score (nSPS) is 12.4. The fraction of sp³-hybridized carbons (Fsp3) is 0. The number of benzene rings is 8. The zero-order chi connectivity index (χ0) is 32.1. The standard InChI is InChI=1S/C46H28N2S/c1-3-12-31(13-4-1)47-39-20-9-7-16-33(39)34-24-22-30(27-41(34)47)29-23-25-40-38(26-29)45-37-19-11-18-36-35-17-8-10-21-43(35)49-44(46(36)37)28-42(45)48(40)32-14-5-2-6-15-32/h1-28H. The molecule has 2 nitrogen and oxygen atoms in total. The number of hydrogen-bond acceptors (Lipinski definition) is 1. The molecule has 11 rings (SSSR count). The smallest absolute Gasteiger partial charge is 0.0558 e. The van der Waals surface area contributed by atoms with Crippen molar-refractivity contribution in [3.63, 3.8) is 0 Å². The van der Waals surface area contributed by atoms with Gasteiger partial charge in [-0.2, -0.15) is 0 Å². The molecule has 0 radical (unpaired) electrons. The molecule has 1 aliphatic rings. The van der Waals surface area contributed by atoms with Gasteiger partial charge in [0.1, 0.15) is 0 Å². The zero-order valence-electron chi connectivity index (χ0n) is 26.5. The van der Waals surface area contributed by atoms with Gasteiger partial charge in [-0.3, -0.25) is 0 Å². The molecule has 0 spiro atoms. The average molecular weight is 641 g/mol. The van der Waals surface area contributed by atoms with Crippen molar-refractivity contribution < 1.29 is 0 Å². The second-order valence-corrected chi connectivity index (χ2v) is 14.0. The van der Waals surface area contributed by atoms with Crippen molar-refractivity contribution in [1.82, 2.24) is 9.13 Å². The predicted octanol–water partition coefficient (Wildman–Crippen LogP) is 12.8. The van der Waals surface area contributed by atoms with E-state index in [2.05, 4.69) is 179 Å². The van der Waals surface area contributed by atoms with Gasteiger partial charge in [-0.1, -0.05) is 121 Å². The fourth-order valence-corrected chi connectivity index (χ4v) is 9.36. The lowest BCUT2D eigenvalue weighted by Gasteiger charge is -2.21. The molecule has 49 heavy (non-hydrogen) atoms. The lowest BCUT2D eigenvalue weighted by Crippen LogP contribution is -1.96. The van der Waals surface area contributed by atoms with Gasteiger partial charge in [-0.15, -0.1) is 0 Å². The number of aromatic nitrogens is 2. The van der Waals surface area contributed by atoms with Gasteiger partial charge in [0.25, 0.3) is 0 Å². The van der Waals surface area contributed by atoms with E-state index < -0.39 is 0 Å². The average Bonchev–Trinajstić information content (AvgIpc) is 3.67. The molecule has 0 fully saturated rings. The molecule has 0 saturated heterocycles. The molecule has 2 aromatic heterocycles. The maximum absolute atomic E-state index is 2.45. The molecule has 10 aromatic rings. The van der Waals surface area contributed by atoms with Gasteiger partial charge in [0.2, 0.25) is 0 Å². The molecule has 228 valence electrons. The van der Waals surface area contributed by atoms with Gasteiger partial charge in [-0.05, 0) is 88.3 Å². The molecule has 0 unspecified atom stereocenters. The SMILES string of the molecule is c1ccc(-n2c3ccccc3c3ccc(-c4ccc5c(c4)c4c6cccc7c6c(cc4n5-c4ccccc4)Sc4ccccc4-7)cc32)cc1. The molecule has 0 saturated carbocycles. The summed E-state index contributed by atoms with van der Waals surface area (Å²) in [6, 6.07) is 62.4. The first-order chi connectivity index (χ1) is 24.3. The van der Waals surface area contributed by atoms with E-state index in [1.807, 2.05) is 11.8 Å². The summed E-state index contributed by atoms with van der Waals surface area (Å²) in [6.45, 7) is 0. The zero-order valence-corrected chi connectivity index (χ0v) is 27.3. The van der Waals surface area contributed by atoms with Crippen molar-refractivity contribution in [2.45, 2.75) is 9.79 Å². The highest BCUT2D eigenvalue weighted by atomic mass is 32.2.